The highest BCUT2D eigenvalue weighted by Gasteiger charge is 2.17. The van der Waals surface area contributed by atoms with Crippen LogP contribution in [-0.4, -0.2) is 11.2 Å². The van der Waals surface area contributed by atoms with Gasteiger partial charge >= 0.3 is 0 Å². The zero-order valence-electron chi connectivity index (χ0n) is 16.0. The fraction of sp³-hybridized carbons (Fsp3) is 0.200. The molecule has 3 heteroatoms. The van der Waals surface area contributed by atoms with Gasteiger partial charge in [0.05, 0.1) is 6.54 Å². The average molecular weight is 436 g/mol. The first-order valence-corrected chi connectivity index (χ1v) is 10.5. The van der Waals surface area contributed by atoms with Crippen LogP contribution in [-0.2, 0) is 19.5 Å². The van der Waals surface area contributed by atoms with E-state index in [-0.39, 0.29) is 4.65 Å². The van der Waals surface area contributed by atoms with Gasteiger partial charge in [0.1, 0.15) is 13.1 Å². The first-order chi connectivity index (χ1) is 13.6. The quantitative estimate of drug-likeness (QED) is 0.209. The summed E-state index contributed by atoms with van der Waals surface area (Å²) in [7, 11) is 0. The van der Waals surface area contributed by atoms with Gasteiger partial charge in [0.2, 0.25) is 0 Å². The molecule has 0 spiro atoms. The minimum atomic E-state index is -0.275. The fourth-order valence-electron chi connectivity index (χ4n) is 3.30. The number of aryl methyl sites for hydroxylation is 1. The minimum absolute atomic E-state index is 0.275. The van der Waals surface area contributed by atoms with Gasteiger partial charge in [0.15, 0.2) is 0 Å². The van der Waals surface area contributed by atoms with Gasteiger partial charge in [0.25, 0.3) is 0 Å². The van der Waals surface area contributed by atoms with E-state index in [9.17, 15) is 5.21 Å². The topological polar surface area (TPSA) is 23.1 Å². The summed E-state index contributed by atoms with van der Waals surface area (Å²) >= 11 is 3.46. The summed E-state index contributed by atoms with van der Waals surface area (Å²) < 4.78 is 0.824. The zero-order valence-corrected chi connectivity index (χ0v) is 17.6. The Morgan fingerprint density at radius 2 is 1.21 bits per heavy atom. The lowest BCUT2D eigenvalue weighted by Gasteiger charge is -2.42. The van der Waals surface area contributed by atoms with Gasteiger partial charge in [-0.25, -0.2) is 0 Å². The normalized spacial score (nSPS) is 11.8. The molecule has 0 aliphatic rings. The fourth-order valence-corrected chi connectivity index (χ4v) is 3.57. The third-order valence-electron chi connectivity index (χ3n) is 4.74. The number of hydroxylamine groups is 3. The molecular weight excluding hydrogens is 410 g/mol. The predicted octanol–water partition coefficient (Wildman–Crippen LogP) is 6.65. The predicted molar refractivity (Wildman–Crippen MR) is 120 cm³/mol. The van der Waals surface area contributed by atoms with Gasteiger partial charge in [-0.1, -0.05) is 94.8 Å². The molecule has 0 atom stereocenters. The molecule has 0 radical (unpaired) electrons. The Bertz CT molecular complexity index is 819. The summed E-state index contributed by atoms with van der Waals surface area (Å²) in [6.07, 6.45) is 6.12. The number of rotatable bonds is 9. The van der Waals surface area contributed by atoms with Crippen molar-refractivity contribution in [2.24, 2.45) is 0 Å². The Kier molecular flexibility index (Phi) is 7.61. The van der Waals surface area contributed by atoms with Crippen molar-refractivity contribution in [1.29, 1.82) is 0 Å². The Morgan fingerprint density at radius 1 is 0.679 bits per heavy atom. The summed E-state index contributed by atoms with van der Waals surface area (Å²) in [6, 6.07) is 28.5. The second-order valence-corrected chi connectivity index (χ2v) is 8.08. The maximum Gasteiger partial charge on any atom is 0.105 e. The van der Waals surface area contributed by atoms with E-state index >= 15 is 0 Å². The number of hydrogen-bond donors (Lipinski definition) is 0. The van der Waals surface area contributed by atoms with Crippen molar-refractivity contribution < 1.29 is 4.65 Å². The SMILES string of the molecule is [O-][N+](C/C=C/CCc1ccc(Br)cc1)(Cc1ccccc1)Cc1ccccc1. The second kappa shape index (κ2) is 10.4. The molecule has 3 rings (SSSR count). The Morgan fingerprint density at radius 3 is 1.75 bits per heavy atom. The van der Waals surface area contributed by atoms with Gasteiger partial charge in [-0.15, -0.1) is 0 Å². The molecule has 0 fully saturated rings. The molecular formula is C25H26BrNO. The summed E-state index contributed by atoms with van der Waals surface area (Å²) in [6.45, 7) is 1.43. The lowest BCUT2D eigenvalue weighted by molar-refractivity contribution is -0.901. The highest BCUT2D eigenvalue weighted by Crippen LogP contribution is 2.19. The molecule has 28 heavy (non-hydrogen) atoms. The monoisotopic (exact) mass is 435 g/mol. The van der Waals surface area contributed by atoms with Crippen LogP contribution in [0.1, 0.15) is 23.1 Å². The third-order valence-corrected chi connectivity index (χ3v) is 5.27. The molecule has 2 nitrogen and oxygen atoms in total. The highest BCUT2D eigenvalue weighted by atomic mass is 79.9. The smallest absolute Gasteiger partial charge is 0.105 e. The van der Waals surface area contributed by atoms with Gasteiger partial charge in [-0.05, 0) is 36.6 Å². The highest BCUT2D eigenvalue weighted by molar-refractivity contribution is 9.10. The molecule has 0 N–H and O–H groups in total. The van der Waals surface area contributed by atoms with Crippen molar-refractivity contribution in [1.82, 2.24) is 0 Å². The van der Waals surface area contributed by atoms with Crippen molar-refractivity contribution in [3.63, 3.8) is 0 Å². The molecule has 3 aromatic rings. The van der Waals surface area contributed by atoms with Crippen LogP contribution in [0.15, 0.2) is 102 Å². The minimum Gasteiger partial charge on any atom is -0.632 e. The second-order valence-electron chi connectivity index (χ2n) is 7.16. The first kappa shape index (κ1) is 20.5. The van der Waals surface area contributed by atoms with Gasteiger partial charge in [-0.2, -0.15) is 0 Å². The van der Waals surface area contributed by atoms with Crippen molar-refractivity contribution in [3.05, 3.63) is 123 Å². The van der Waals surface area contributed by atoms with E-state index in [1.807, 2.05) is 60.7 Å². The molecule has 0 unspecified atom stereocenters. The summed E-state index contributed by atoms with van der Waals surface area (Å²) in [5.41, 5.74) is 3.47. The molecule has 0 saturated carbocycles. The van der Waals surface area contributed by atoms with Gasteiger partial charge in [0, 0.05) is 15.6 Å². The van der Waals surface area contributed by atoms with E-state index < -0.39 is 0 Å². The van der Waals surface area contributed by atoms with Crippen molar-refractivity contribution in [2.75, 3.05) is 6.54 Å². The Balaban J connectivity index is 1.61. The van der Waals surface area contributed by atoms with E-state index in [0.29, 0.717) is 19.6 Å². The third kappa shape index (κ3) is 6.75. The lowest BCUT2D eigenvalue weighted by Crippen LogP contribution is -2.40. The Hall–Kier alpha value is -2.20. The molecule has 0 aliphatic carbocycles. The van der Waals surface area contributed by atoms with Crippen LogP contribution < -0.4 is 0 Å². The molecule has 0 amide bonds. The average Bonchev–Trinajstić information content (AvgIpc) is 2.70. The number of allylic oxidation sites excluding steroid dienone is 1. The number of benzene rings is 3. The van der Waals surface area contributed by atoms with E-state index in [1.165, 1.54) is 5.56 Å². The zero-order chi connectivity index (χ0) is 19.7. The van der Waals surface area contributed by atoms with E-state index in [0.717, 1.165) is 28.4 Å². The molecule has 0 heterocycles. The molecule has 0 bridgehead atoms. The largest absolute Gasteiger partial charge is 0.632 e. The number of hydrogen-bond acceptors (Lipinski definition) is 1. The molecule has 144 valence electrons. The van der Waals surface area contributed by atoms with Crippen LogP contribution in [0.5, 0.6) is 0 Å². The molecule has 0 aliphatic heterocycles. The van der Waals surface area contributed by atoms with Crippen LogP contribution in [0.2, 0.25) is 0 Å². The van der Waals surface area contributed by atoms with E-state index in [4.69, 9.17) is 0 Å². The first-order valence-electron chi connectivity index (χ1n) is 9.67. The number of halogens is 1. The summed E-state index contributed by atoms with van der Waals surface area (Å²) in [4.78, 5) is 0. The Labute approximate surface area is 176 Å². The van der Waals surface area contributed by atoms with Crippen molar-refractivity contribution in [3.8, 4) is 0 Å². The maximum absolute atomic E-state index is 13.6. The van der Waals surface area contributed by atoms with Crippen LogP contribution in [0.4, 0.5) is 0 Å². The van der Waals surface area contributed by atoms with Gasteiger partial charge in [-0.3, -0.25) is 0 Å². The molecule has 0 aromatic heterocycles. The van der Waals surface area contributed by atoms with Crippen molar-refractivity contribution >= 4 is 15.9 Å². The number of quaternary nitrogens is 1. The number of nitrogens with zero attached hydrogens (tertiary/aromatic N) is 1. The van der Waals surface area contributed by atoms with E-state index in [2.05, 4.69) is 52.3 Å². The van der Waals surface area contributed by atoms with Crippen LogP contribution in [0.3, 0.4) is 0 Å². The van der Waals surface area contributed by atoms with E-state index in [1.54, 1.807) is 0 Å². The summed E-state index contributed by atoms with van der Waals surface area (Å²) in [5, 5.41) is 13.6. The molecule has 3 aromatic carbocycles. The van der Waals surface area contributed by atoms with Crippen LogP contribution >= 0.6 is 15.9 Å². The standard InChI is InChI=1S/C25H26BrNO/c26-25-17-15-22(16-18-25)10-8-3-9-19-27(28,20-23-11-4-1-5-12-23)21-24-13-6-2-7-14-24/h1-7,9,11-18H,8,10,19-21H2/b9-3+. The van der Waals surface area contributed by atoms with Crippen LogP contribution in [0.25, 0.3) is 0 Å². The summed E-state index contributed by atoms with van der Waals surface area (Å²) in [5.74, 6) is 0. The van der Waals surface area contributed by atoms with Gasteiger partial charge < -0.3 is 9.85 Å². The van der Waals surface area contributed by atoms with Crippen LogP contribution in [0, 0.1) is 5.21 Å². The maximum atomic E-state index is 13.6. The lowest BCUT2D eigenvalue weighted by atomic mass is 10.1. The molecule has 0 saturated heterocycles. The van der Waals surface area contributed by atoms with Crippen molar-refractivity contribution in [2.45, 2.75) is 25.9 Å².